The third-order valence-electron chi connectivity index (χ3n) is 5.34. The van der Waals surface area contributed by atoms with Gasteiger partial charge in [0.2, 0.25) is 5.95 Å². The van der Waals surface area contributed by atoms with E-state index in [0.29, 0.717) is 17.0 Å². The summed E-state index contributed by atoms with van der Waals surface area (Å²) in [6, 6.07) is 6.78. The number of halogens is 4. The maximum absolute atomic E-state index is 12.5. The zero-order valence-corrected chi connectivity index (χ0v) is 20.4. The molecule has 4 rings (SSSR count). The molecule has 0 radical (unpaired) electrons. The molecule has 0 bridgehead atoms. The van der Waals surface area contributed by atoms with Gasteiger partial charge in [0.05, 0.1) is 32.7 Å². The Labute approximate surface area is 206 Å². The van der Waals surface area contributed by atoms with E-state index in [9.17, 15) is 17.4 Å². The van der Waals surface area contributed by atoms with Crippen molar-refractivity contribution in [3.05, 3.63) is 40.5 Å². The van der Waals surface area contributed by atoms with E-state index in [4.69, 9.17) is 22.3 Å². The summed E-state index contributed by atoms with van der Waals surface area (Å²) >= 11 is 8.16. The third kappa shape index (κ3) is 6.04. The number of benzene rings is 1. The predicted octanol–water partition coefficient (Wildman–Crippen LogP) is 4.95. The number of piperidine rings is 1. The van der Waals surface area contributed by atoms with E-state index in [2.05, 4.69) is 20.0 Å². The number of hydrogen-bond acceptors (Lipinski definition) is 7. The smallest absolute Gasteiger partial charge is 0.368 e. The first-order chi connectivity index (χ1) is 16.2. The highest BCUT2D eigenvalue weighted by molar-refractivity contribution is 7.86. The number of rotatable bonds is 7. The van der Waals surface area contributed by atoms with Gasteiger partial charge in [0.25, 0.3) is 0 Å². The molecule has 0 spiro atoms. The normalized spacial score (nSPS) is 15.9. The summed E-state index contributed by atoms with van der Waals surface area (Å²) in [5.41, 5.74) is 7.85. The van der Waals surface area contributed by atoms with E-state index in [-0.39, 0.29) is 22.6 Å². The molecule has 34 heavy (non-hydrogen) atoms. The summed E-state index contributed by atoms with van der Waals surface area (Å²) in [4.78, 5) is 14.0. The highest BCUT2D eigenvalue weighted by Crippen LogP contribution is 2.44. The Morgan fingerprint density at radius 1 is 1.24 bits per heavy atom. The highest BCUT2D eigenvalue weighted by atomic mass is 35.5. The second kappa shape index (κ2) is 10.5. The Morgan fingerprint density at radius 2 is 2.00 bits per heavy atom. The summed E-state index contributed by atoms with van der Waals surface area (Å²) < 4.78 is 52.3. The Balaban J connectivity index is 1.71. The Hall–Kier alpha value is -2.28. The number of nitrogens with two attached hydrogens (primary N) is 1. The Bertz CT molecular complexity index is 1180. The zero-order valence-electron chi connectivity index (χ0n) is 17.9. The summed E-state index contributed by atoms with van der Waals surface area (Å²) in [6.07, 6.45) is -2.05. The van der Waals surface area contributed by atoms with Gasteiger partial charge in [-0.15, -0.1) is 11.3 Å². The standard InChI is InChI=1S/C21H22ClF3N6OS2/c22-16-13(2-1-3-14(16)31-34(32)11-7-21(23,24)25)17-18(15-6-10-28-20(26)29-15)33-19(30-17)12-4-8-27-9-5-12/h1-3,6,10,12,27H,4-5,7-9,11H2,(H,31,32)(H2,26,28,29)/p+1. The molecule has 182 valence electrons. The lowest BCUT2D eigenvalue weighted by atomic mass is 9.99. The lowest BCUT2D eigenvalue weighted by Crippen LogP contribution is -2.26. The average molecular weight is 532 g/mol. The lowest BCUT2D eigenvalue weighted by molar-refractivity contribution is -0.129. The first-order valence-corrected chi connectivity index (χ1v) is 13.2. The summed E-state index contributed by atoms with van der Waals surface area (Å²) in [7, 11) is -2.35. The van der Waals surface area contributed by atoms with Gasteiger partial charge in [0.1, 0.15) is 11.4 Å². The van der Waals surface area contributed by atoms with Crippen LogP contribution < -0.4 is 15.8 Å². The fraction of sp³-hybridized carbons (Fsp3) is 0.381. The average Bonchev–Trinajstić information content (AvgIpc) is 3.25. The van der Waals surface area contributed by atoms with Crippen LogP contribution in [0.15, 0.2) is 30.5 Å². The van der Waals surface area contributed by atoms with E-state index >= 15 is 0 Å². The predicted molar refractivity (Wildman–Crippen MR) is 131 cm³/mol. The van der Waals surface area contributed by atoms with Crippen LogP contribution in [0.5, 0.6) is 0 Å². The minimum absolute atomic E-state index is 0.128. The molecule has 2 aromatic heterocycles. The lowest BCUT2D eigenvalue weighted by Gasteiger charge is -2.20. The Kier molecular flexibility index (Phi) is 7.70. The third-order valence-corrected chi connectivity index (χ3v) is 8.10. The van der Waals surface area contributed by atoms with Crippen LogP contribution in [0.25, 0.3) is 21.8 Å². The van der Waals surface area contributed by atoms with Gasteiger partial charge in [0, 0.05) is 17.7 Å². The van der Waals surface area contributed by atoms with Crippen molar-refractivity contribution in [1.29, 1.82) is 0 Å². The van der Waals surface area contributed by atoms with Crippen LogP contribution in [0.2, 0.25) is 5.02 Å². The SMILES string of the molecule is Nc1nccc(-c2sc(C3CCNCC3)nc2-c2cccc(N[SH+](=O)CCC(F)(F)F)c2Cl)n1. The number of thiol groups is 1. The molecule has 3 aromatic rings. The van der Waals surface area contributed by atoms with Crippen LogP contribution in [0, 0.1) is 0 Å². The zero-order chi connectivity index (χ0) is 24.3. The molecule has 7 nitrogen and oxygen atoms in total. The molecule has 4 N–H and O–H groups in total. The number of thiazole rings is 1. The van der Waals surface area contributed by atoms with Crippen molar-refractivity contribution in [3.8, 4) is 21.8 Å². The molecule has 1 saturated heterocycles. The van der Waals surface area contributed by atoms with Crippen LogP contribution in [-0.2, 0) is 15.2 Å². The van der Waals surface area contributed by atoms with Crippen LogP contribution >= 0.6 is 22.9 Å². The number of anilines is 2. The van der Waals surface area contributed by atoms with Crippen molar-refractivity contribution in [2.75, 3.05) is 29.3 Å². The van der Waals surface area contributed by atoms with Gasteiger partial charge in [-0.2, -0.15) is 13.2 Å². The first-order valence-electron chi connectivity index (χ1n) is 10.6. The minimum atomic E-state index is -4.38. The van der Waals surface area contributed by atoms with Crippen LogP contribution in [0.3, 0.4) is 0 Å². The fourth-order valence-electron chi connectivity index (χ4n) is 3.66. The maximum Gasteiger partial charge on any atom is 0.393 e. The van der Waals surface area contributed by atoms with Gasteiger partial charge in [-0.25, -0.2) is 19.7 Å². The van der Waals surface area contributed by atoms with Gasteiger partial charge in [0.15, 0.2) is 11.0 Å². The van der Waals surface area contributed by atoms with Crippen LogP contribution in [-0.4, -0.2) is 40.0 Å². The monoisotopic (exact) mass is 531 g/mol. The minimum Gasteiger partial charge on any atom is -0.368 e. The molecule has 0 aliphatic carbocycles. The number of nitrogens with one attached hydrogen (secondary N) is 2. The Morgan fingerprint density at radius 3 is 2.71 bits per heavy atom. The van der Waals surface area contributed by atoms with E-state index in [0.717, 1.165) is 35.8 Å². The number of hydrogen-bond donors (Lipinski definition) is 3. The van der Waals surface area contributed by atoms with Crippen molar-refractivity contribution in [2.45, 2.75) is 31.4 Å². The molecule has 1 aromatic carbocycles. The number of nitrogen functional groups attached to an aromatic ring is 1. The van der Waals surface area contributed by atoms with Crippen molar-refractivity contribution >= 4 is 45.6 Å². The van der Waals surface area contributed by atoms with Crippen molar-refractivity contribution in [2.24, 2.45) is 0 Å². The topological polar surface area (TPSA) is 106 Å². The molecule has 3 heterocycles. The molecule has 13 heteroatoms. The van der Waals surface area contributed by atoms with Gasteiger partial charge < -0.3 is 11.1 Å². The number of alkyl halides is 3. The highest BCUT2D eigenvalue weighted by Gasteiger charge is 2.30. The van der Waals surface area contributed by atoms with E-state index in [1.807, 2.05) is 0 Å². The van der Waals surface area contributed by atoms with Gasteiger partial charge in [-0.1, -0.05) is 27.9 Å². The molecule has 1 fully saturated rings. The molecule has 0 saturated carbocycles. The molecule has 1 atom stereocenters. The van der Waals surface area contributed by atoms with Crippen molar-refractivity contribution < 1.29 is 17.4 Å². The van der Waals surface area contributed by atoms with Crippen LogP contribution in [0.4, 0.5) is 24.8 Å². The van der Waals surface area contributed by atoms with E-state index in [1.54, 1.807) is 30.5 Å². The van der Waals surface area contributed by atoms with Gasteiger partial charge in [-0.3, -0.25) is 0 Å². The summed E-state index contributed by atoms with van der Waals surface area (Å²) in [5, 5.41) is 4.52. The largest absolute Gasteiger partial charge is 0.393 e. The molecule has 1 aliphatic rings. The molecule has 0 amide bonds. The van der Waals surface area contributed by atoms with Crippen molar-refractivity contribution in [1.82, 2.24) is 20.3 Å². The molecule has 1 aliphatic heterocycles. The van der Waals surface area contributed by atoms with Gasteiger partial charge >= 0.3 is 6.18 Å². The molecule has 1 unspecified atom stereocenters. The maximum atomic E-state index is 12.5. The van der Waals surface area contributed by atoms with E-state index < -0.39 is 29.3 Å². The van der Waals surface area contributed by atoms with Crippen LogP contribution in [0.1, 0.15) is 30.2 Å². The second-order valence-electron chi connectivity index (χ2n) is 7.80. The number of nitrogens with zero attached hydrogens (tertiary/aromatic N) is 3. The van der Waals surface area contributed by atoms with Gasteiger partial charge in [-0.05, 0) is 38.1 Å². The summed E-state index contributed by atoms with van der Waals surface area (Å²) in [6.45, 7) is 1.81. The fourth-order valence-corrected chi connectivity index (χ4v) is 6.23. The van der Waals surface area contributed by atoms with Crippen molar-refractivity contribution in [3.63, 3.8) is 0 Å². The second-order valence-corrected chi connectivity index (χ2v) is 10.6. The quantitative estimate of drug-likeness (QED) is 0.294. The number of aromatic nitrogens is 3. The first kappa shape index (κ1) is 24.8. The van der Waals surface area contributed by atoms with E-state index in [1.165, 1.54) is 11.3 Å². The molecular weight excluding hydrogens is 509 g/mol. The molecular formula is C21H23ClF3N6OS2+. The summed E-state index contributed by atoms with van der Waals surface area (Å²) in [5.74, 6) is -0.125.